The highest BCUT2D eigenvalue weighted by Gasteiger charge is 2.25. The second-order valence-corrected chi connectivity index (χ2v) is 6.77. The molecule has 1 atom stereocenters. The third kappa shape index (κ3) is 7.39. The van der Waals surface area contributed by atoms with E-state index in [0.29, 0.717) is 31.3 Å². The number of nitrogens with one attached hydrogen (secondary N) is 1. The van der Waals surface area contributed by atoms with Crippen molar-refractivity contribution in [2.45, 2.75) is 33.6 Å². The van der Waals surface area contributed by atoms with Crippen LogP contribution in [-0.4, -0.2) is 64.4 Å². The van der Waals surface area contributed by atoms with E-state index in [-0.39, 0.29) is 17.7 Å². The molecule has 0 aromatic heterocycles. The van der Waals surface area contributed by atoms with Gasteiger partial charge in [0.05, 0.1) is 33.4 Å². The zero-order valence-corrected chi connectivity index (χ0v) is 17.7. The van der Waals surface area contributed by atoms with Crippen LogP contribution >= 0.6 is 0 Å². The first-order chi connectivity index (χ1) is 13.0. The fourth-order valence-electron chi connectivity index (χ4n) is 3.08. The second-order valence-electron chi connectivity index (χ2n) is 6.77. The van der Waals surface area contributed by atoms with E-state index in [1.54, 1.807) is 14.2 Å². The third-order valence-corrected chi connectivity index (χ3v) is 4.71. The van der Waals surface area contributed by atoms with Gasteiger partial charge in [-0.05, 0) is 36.7 Å². The molecule has 1 aromatic rings. The number of likely N-dealkylation sites (N-methyl/N-ethyl adjacent to an activating group) is 1. The molecule has 0 saturated heterocycles. The Kier molecular flexibility index (Phi) is 10.8. The topological polar surface area (TPSA) is 60.0 Å². The Bertz CT molecular complexity index is 559. The molecule has 0 heterocycles. The molecule has 0 saturated carbocycles. The van der Waals surface area contributed by atoms with Gasteiger partial charge in [-0.15, -0.1) is 0 Å². The minimum atomic E-state index is -0.250. The van der Waals surface area contributed by atoms with Crippen LogP contribution in [0.2, 0.25) is 0 Å². The largest absolute Gasteiger partial charge is 0.493 e. The summed E-state index contributed by atoms with van der Waals surface area (Å²) in [5.41, 5.74) is 0.919. The number of nitrogens with zero attached hydrogens (tertiary/aromatic N) is 1. The van der Waals surface area contributed by atoms with Crippen LogP contribution < -0.4 is 14.8 Å². The van der Waals surface area contributed by atoms with Crippen molar-refractivity contribution in [2.75, 3.05) is 53.6 Å². The van der Waals surface area contributed by atoms with E-state index in [2.05, 4.69) is 24.1 Å². The van der Waals surface area contributed by atoms with Crippen molar-refractivity contribution in [3.8, 4) is 11.5 Å². The van der Waals surface area contributed by atoms with Gasteiger partial charge < -0.3 is 24.4 Å². The zero-order chi connectivity index (χ0) is 20.2. The number of rotatable bonds is 13. The molecule has 1 rings (SSSR count). The number of carbonyl (C=O) groups is 1. The highest BCUT2D eigenvalue weighted by Crippen LogP contribution is 2.33. The SMILES string of the molecule is CCN(CC)CCOCCNC(=O)C(c1ccc(OC)c(OC)c1)C(C)C. The Morgan fingerprint density at radius 3 is 2.30 bits per heavy atom. The van der Waals surface area contributed by atoms with Crippen molar-refractivity contribution in [3.63, 3.8) is 0 Å². The number of hydrogen-bond donors (Lipinski definition) is 1. The molecule has 0 radical (unpaired) electrons. The summed E-state index contributed by atoms with van der Waals surface area (Å²) in [6.45, 7) is 13.0. The Balaban J connectivity index is 2.57. The summed E-state index contributed by atoms with van der Waals surface area (Å²) >= 11 is 0. The third-order valence-electron chi connectivity index (χ3n) is 4.71. The molecule has 154 valence electrons. The van der Waals surface area contributed by atoms with E-state index in [1.165, 1.54) is 0 Å². The normalized spacial score (nSPS) is 12.3. The lowest BCUT2D eigenvalue weighted by atomic mass is 9.87. The molecule has 6 heteroatoms. The molecule has 1 N–H and O–H groups in total. The molecule has 1 unspecified atom stereocenters. The van der Waals surface area contributed by atoms with Gasteiger partial charge in [-0.1, -0.05) is 33.8 Å². The van der Waals surface area contributed by atoms with E-state index < -0.39 is 0 Å². The van der Waals surface area contributed by atoms with Crippen LogP contribution in [0.25, 0.3) is 0 Å². The molecule has 0 fully saturated rings. The molecule has 1 aromatic carbocycles. The average Bonchev–Trinajstić information content (AvgIpc) is 2.67. The Morgan fingerprint density at radius 1 is 1.07 bits per heavy atom. The first kappa shape index (κ1) is 23.2. The fourth-order valence-corrected chi connectivity index (χ4v) is 3.08. The van der Waals surface area contributed by atoms with Crippen LogP contribution in [0, 0.1) is 5.92 Å². The van der Waals surface area contributed by atoms with Crippen molar-refractivity contribution in [2.24, 2.45) is 5.92 Å². The molecule has 0 aliphatic rings. The van der Waals surface area contributed by atoms with Gasteiger partial charge in [0.2, 0.25) is 5.91 Å². The van der Waals surface area contributed by atoms with E-state index in [4.69, 9.17) is 14.2 Å². The van der Waals surface area contributed by atoms with Crippen molar-refractivity contribution in [3.05, 3.63) is 23.8 Å². The molecule has 1 amide bonds. The lowest BCUT2D eigenvalue weighted by Gasteiger charge is -2.22. The molecule has 0 bridgehead atoms. The van der Waals surface area contributed by atoms with Gasteiger partial charge in [0, 0.05) is 13.1 Å². The van der Waals surface area contributed by atoms with Crippen LogP contribution in [0.5, 0.6) is 11.5 Å². The maximum absolute atomic E-state index is 12.7. The van der Waals surface area contributed by atoms with Crippen molar-refractivity contribution >= 4 is 5.91 Å². The smallest absolute Gasteiger partial charge is 0.227 e. The fraction of sp³-hybridized carbons (Fsp3) is 0.667. The lowest BCUT2D eigenvalue weighted by Crippen LogP contribution is -2.35. The van der Waals surface area contributed by atoms with Crippen LogP contribution in [0.1, 0.15) is 39.2 Å². The van der Waals surface area contributed by atoms with Crippen molar-refractivity contribution in [1.29, 1.82) is 0 Å². The first-order valence-electron chi connectivity index (χ1n) is 9.78. The average molecular weight is 381 g/mol. The van der Waals surface area contributed by atoms with Gasteiger partial charge in [-0.3, -0.25) is 4.79 Å². The minimum absolute atomic E-state index is 0.00422. The van der Waals surface area contributed by atoms with E-state index in [1.807, 2.05) is 32.0 Å². The van der Waals surface area contributed by atoms with Crippen molar-refractivity contribution in [1.82, 2.24) is 10.2 Å². The predicted molar refractivity (Wildman–Crippen MR) is 109 cm³/mol. The second kappa shape index (κ2) is 12.6. The summed E-state index contributed by atoms with van der Waals surface area (Å²) in [6.07, 6.45) is 0. The quantitative estimate of drug-likeness (QED) is 0.533. The Hall–Kier alpha value is -1.79. The molecule has 27 heavy (non-hydrogen) atoms. The van der Waals surface area contributed by atoms with E-state index in [9.17, 15) is 4.79 Å². The number of benzene rings is 1. The van der Waals surface area contributed by atoms with E-state index in [0.717, 1.165) is 25.2 Å². The number of carbonyl (C=O) groups excluding carboxylic acids is 1. The Labute approximate surface area is 164 Å². The van der Waals surface area contributed by atoms with Gasteiger partial charge in [-0.2, -0.15) is 0 Å². The van der Waals surface area contributed by atoms with Gasteiger partial charge in [0.25, 0.3) is 0 Å². The standard InChI is InChI=1S/C21H36N2O4/c1-7-23(8-2)12-14-27-13-11-22-21(24)20(16(3)4)17-9-10-18(25-5)19(15-17)26-6/h9-10,15-16,20H,7-8,11-14H2,1-6H3,(H,22,24). The highest BCUT2D eigenvalue weighted by atomic mass is 16.5. The zero-order valence-electron chi connectivity index (χ0n) is 17.7. The summed E-state index contributed by atoms with van der Waals surface area (Å²) in [5.74, 6) is 1.20. The molecule has 6 nitrogen and oxygen atoms in total. The lowest BCUT2D eigenvalue weighted by molar-refractivity contribution is -0.123. The molecular formula is C21H36N2O4. The van der Waals surface area contributed by atoms with Gasteiger partial charge in [0.15, 0.2) is 11.5 Å². The van der Waals surface area contributed by atoms with Crippen LogP contribution in [0.15, 0.2) is 18.2 Å². The van der Waals surface area contributed by atoms with Crippen LogP contribution in [-0.2, 0) is 9.53 Å². The summed E-state index contributed by atoms with van der Waals surface area (Å²) in [7, 11) is 3.20. The van der Waals surface area contributed by atoms with Gasteiger partial charge >= 0.3 is 0 Å². The van der Waals surface area contributed by atoms with Crippen LogP contribution in [0.4, 0.5) is 0 Å². The van der Waals surface area contributed by atoms with Crippen molar-refractivity contribution < 1.29 is 19.0 Å². The first-order valence-corrected chi connectivity index (χ1v) is 9.78. The van der Waals surface area contributed by atoms with Gasteiger partial charge in [0.1, 0.15) is 0 Å². The van der Waals surface area contributed by atoms with Crippen LogP contribution in [0.3, 0.4) is 0 Å². The maximum Gasteiger partial charge on any atom is 0.227 e. The van der Waals surface area contributed by atoms with E-state index >= 15 is 0 Å². The summed E-state index contributed by atoms with van der Waals surface area (Å²) in [5, 5.41) is 3.00. The molecule has 0 spiro atoms. The summed E-state index contributed by atoms with van der Waals surface area (Å²) in [4.78, 5) is 15.0. The monoisotopic (exact) mass is 380 g/mol. The number of amides is 1. The predicted octanol–water partition coefficient (Wildman–Crippen LogP) is 2.92. The van der Waals surface area contributed by atoms with Gasteiger partial charge in [-0.25, -0.2) is 0 Å². The number of ether oxygens (including phenoxy) is 3. The molecule has 0 aliphatic carbocycles. The summed E-state index contributed by atoms with van der Waals surface area (Å²) < 4.78 is 16.3. The highest BCUT2D eigenvalue weighted by molar-refractivity contribution is 5.84. The maximum atomic E-state index is 12.7. The Morgan fingerprint density at radius 2 is 1.74 bits per heavy atom. The minimum Gasteiger partial charge on any atom is -0.493 e. The molecule has 0 aliphatic heterocycles. The summed E-state index contributed by atoms with van der Waals surface area (Å²) in [6, 6.07) is 5.64. The number of hydrogen-bond acceptors (Lipinski definition) is 5. The molecular weight excluding hydrogens is 344 g/mol. The number of methoxy groups -OCH3 is 2.